The fourth-order valence-electron chi connectivity index (χ4n) is 2.99. The molecule has 0 saturated carbocycles. The molecule has 0 saturated heterocycles. The average Bonchev–Trinajstić information content (AvgIpc) is 3.02. The van der Waals surface area contributed by atoms with E-state index in [-0.39, 0.29) is 16.8 Å². The molecule has 1 N–H and O–H groups in total. The first-order chi connectivity index (χ1) is 14.3. The molecule has 0 radical (unpaired) electrons. The van der Waals surface area contributed by atoms with Crippen molar-refractivity contribution < 1.29 is 35.9 Å². The lowest BCUT2D eigenvalue weighted by Gasteiger charge is -2.14. The van der Waals surface area contributed by atoms with Gasteiger partial charge in [-0.1, -0.05) is 6.07 Å². The van der Waals surface area contributed by atoms with Crippen LogP contribution in [-0.2, 0) is 13.2 Å². The molecule has 1 aromatic carbocycles. The van der Waals surface area contributed by atoms with Gasteiger partial charge in [-0.05, 0) is 31.2 Å². The molecule has 0 fully saturated rings. The van der Waals surface area contributed by atoms with E-state index < -0.39 is 36.5 Å². The lowest BCUT2D eigenvalue weighted by atomic mass is 10.1. The number of hydrogen-bond acceptors (Lipinski definition) is 3. The largest absolute Gasteiger partial charge is 0.483 e. The monoisotopic (exact) mass is 445 g/mol. The summed E-state index contributed by atoms with van der Waals surface area (Å²) in [5.74, 6) is -0.605. The Morgan fingerprint density at radius 3 is 2.45 bits per heavy atom. The number of fused-ring (bicyclic) bond motifs is 1. The molecule has 0 spiro atoms. The van der Waals surface area contributed by atoms with Gasteiger partial charge in [-0.25, -0.2) is 0 Å². The molecule has 166 valence electrons. The second kappa shape index (κ2) is 8.12. The van der Waals surface area contributed by atoms with E-state index in [1.165, 1.54) is 36.0 Å². The molecule has 0 aliphatic heterocycles. The number of nitrogens with zero attached hydrogens (tertiary/aromatic N) is 2. The Kier molecular flexibility index (Phi) is 5.88. The number of pyridine rings is 1. The van der Waals surface area contributed by atoms with Crippen molar-refractivity contribution in [3.05, 3.63) is 59.5 Å². The minimum atomic E-state index is -4.50. The molecule has 31 heavy (non-hydrogen) atoms. The number of carbonyl (C=O) groups is 1. The van der Waals surface area contributed by atoms with E-state index in [1.54, 1.807) is 6.92 Å². The van der Waals surface area contributed by atoms with Crippen molar-refractivity contribution in [1.29, 1.82) is 0 Å². The van der Waals surface area contributed by atoms with E-state index in [9.17, 15) is 31.1 Å². The number of alkyl halides is 6. The van der Waals surface area contributed by atoms with E-state index in [4.69, 9.17) is 0 Å². The number of hydrogen-bond donors (Lipinski definition) is 1. The summed E-state index contributed by atoms with van der Waals surface area (Å²) in [6.45, 7) is 0.167. The van der Waals surface area contributed by atoms with E-state index in [1.807, 2.05) is 0 Å². The van der Waals surface area contributed by atoms with Crippen LogP contribution < -0.4 is 10.1 Å². The maximum absolute atomic E-state index is 12.9. The second-order valence-corrected chi connectivity index (χ2v) is 6.90. The summed E-state index contributed by atoms with van der Waals surface area (Å²) in [7, 11) is 1.53. The highest BCUT2D eigenvalue weighted by atomic mass is 19.4. The Labute approximate surface area is 172 Å². The second-order valence-electron chi connectivity index (χ2n) is 6.90. The van der Waals surface area contributed by atoms with Crippen LogP contribution in [0.2, 0.25) is 0 Å². The number of aromatic nitrogens is 2. The van der Waals surface area contributed by atoms with Crippen LogP contribution in [0.1, 0.15) is 34.6 Å². The normalized spacial score (nSPS) is 13.3. The smallest absolute Gasteiger partial charge is 0.422 e. The number of carbonyl (C=O) groups excluding carboxylic acids is 1. The number of aryl methyl sites for hydroxylation is 1. The summed E-state index contributed by atoms with van der Waals surface area (Å²) in [6.07, 6.45) is -6.44. The van der Waals surface area contributed by atoms with E-state index in [0.717, 1.165) is 18.3 Å². The predicted molar refractivity (Wildman–Crippen MR) is 99.6 cm³/mol. The number of benzene rings is 1. The van der Waals surface area contributed by atoms with Gasteiger partial charge in [0.05, 0.1) is 29.1 Å². The van der Waals surface area contributed by atoms with Gasteiger partial charge in [0.25, 0.3) is 5.91 Å². The maximum atomic E-state index is 12.9. The van der Waals surface area contributed by atoms with Crippen LogP contribution in [0.3, 0.4) is 0 Å². The standard InChI is InChI=1S/C20H17F6N3O2/c1-11(16-6-4-13(8-27-16)31-10-19(21,22)23)28-18(30)15-9-29(2)17-7-12(20(24,25)26)3-5-14(15)17/h3-9,11H,10H2,1-2H3,(H,28,30). The third-order valence-electron chi connectivity index (χ3n) is 4.52. The van der Waals surface area contributed by atoms with Gasteiger partial charge in [0.1, 0.15) is 5.75 Å². The van der Waals surface area contributed by atoms with E-state index in [0.29, 0.717) is 11.1 Å². The molecule has 2 heterocycles. The lowest BCUT2D eigenvalue weighted by Crippen LogP contribution is -2.27. The number of amides is 1. The van der Waals surface area contributed by atoms with Gasteiger partial charge in [-0.2, -0.15) is 26.3 Å². The third-order valence-corrected chi connectivity index (χ3v) is 4.52. The average molecular weight is 445 g/mol. The molecular formula is C20H17F6N3O2. The number of ether oxygens (including phenoxy) is 1. The highest BCUT2D eigenvalue weighted by Crippen LogP contribution is 2.32. The number of rotatable bonds is 5. The molecule has 1 amide bonds. The lowest BCUT2D eigenvalue weighted by molar-refractivity contribution is -0.153. The first kappa shape index (κ1) is 22.4. The Hall–Kier alpha value is -3.24. The van der Waals surface area contributed by atoms with Crippen molar-refractivity contribution in [2.24, 2.45) is 7.05 Å². The zero-order valence-corrected chi connectivity index (χ0v) is 16.3. The van der Waals surface area contributed by atoms with Crippen molar-refractivity contribution >= 4 is 16.8 Å². The summed E-state index contributed by atoms with van der Waals surface area (Å²) in [6, 6.07) is 5.21. The molecule has 5 nitrogen and oxygen atoms in total. The summed E-state index contributed by atoms with van der Waals surface area (Å²) >= 11 is 0. The van der Waals surface area contributed by atoms with Gasteiger partial charge in [0, 0.05) is 24.1 Å². The molecule has 0 aliphatic rings. The van der Waals surface area contributed by atoms with Crippen LogP contribution in [0.4, 0.5) is 26.3 Å². The minimum absolute atomic E-state index is 0.0749. The fourth-order valence-corrected chi connectivity index (χ4v) is 2.99. The van der Waals surface area contributed by atoms with Crippen molar-refractivity contribution in [2.45, 2.75) is 25.3 Å². The zero-order chi connectivity index (χ0) is 23.0. The predicted octanol–water partition coefficient (Wildman–Crippen LogP) is 5.02. The zero-order valence-electron chi connectivity index (χ0n) is 16.3. The SMILES string of the molecule is CC(NC(=O)c1cn(C)c2cc(C(F)(F)F)ccc12)c1ccc(OCC(F)(F)F)cn1. The molecule has 0 bridgehead atoms. The Morgan fingerprint density at radius 1 is 1.16 bits per heavy atom. The van der Waals surface area contributed by atoms with Crippen LogP contribution in [0, 0.1) is 0 Å². The molecule has 2 aromatic heterocycles. The highest BCUT2D eigenvalue weighted by Gasteiger charge is 2.31. The van der Waals surface area contributed by atoms with Crippen LogP contribution >= 0.6 is 0 Å². The van der Waals surface area contributed by atoms with Crippen LogP contribution in [-0.4, -0.2) is 28.2 Å². The molecule has 3 rings (SSSR count). The first-order valence-corrected chi connectivity index (χ1v) is 8.98. The molecular weight excluding hydrogens is 428 g/mol. The Bertz CT molecular complexity index is 1090. The number of nitrogens with one attached hydrogen (secondary N) is 1. The topological polar surface area (TPSA) is 56.2 Å². The van der Waals surface area contributed by atoms with Gasteiger partial charge >= 0.3 is 12.4 Å². The fraction of sp³-hybridized carbons (Fsp3) is 0.300. The van der Waals surface area contributed by atoms with Crippen LogP contribution in [0.5, 0.6) is 5.75 Å². The summed E-state index contributed by atoms with van der Waals surface area (Å²) < 4.78 is 81.4. The molecule has 11 heteroatoms. The number of halogens is 6. The van der Waals surface area contributed by atoms with Crippen LogP contribution in [0.15, 0.2) is 42.7 Å². The van der Waals surface area contributed by atoms with Gasteiger partial charge < -0.3 is 14.6 Å². The summed E-state index contributed by atoms with van der Waals surface area (Å²) in [5.41, 5.74) is -0.0222. The molecule has 0 aliphatic carbocycles. The van der Waals surface area contributed by atoms with Crippen molar-refractivity contribution in [2.75, 3.05) is 6.61 Å². The maximum Gasteiger partial charge on any atom is 0.422 e. The van der Waals surface area contributed by atoms with Gasteiger partial charge in [-0.15, -0.1) is 0 Å². The minimum Gasteiger partial charge on any atom is -0.483 e. The summed E-state index contributed by atoms with van der Waals surface area (Å²) in [4.78, 5) is 16.7. The van der Waals surface area contributed by atoms with Gasteiger partial charge in [-0.3, -0.25) is 9.78 Å². The van der Waals surface area contributed by atoms with Crippen molar-refractivity contribution in [3.8, 4) is 5.75 Å². The molecule has 1 unspecified atom stereocenters. The van der Waals surface area contributed by atoms with E-state index in [2.05, 4.69) is 15.0 Å². The van der Waals surface area contributed by atoms with Gasteiger partial charge in [0.2, 0.25) is 0 Å². The first-order valence-electron chi connectivity index (χ1n) is 8.98. The Balaban J connectivity index is 1.74. The quantitative estimate of drug-likeness (QED) is 0.561. The van der Waals surface area contributed by atoms with Gasteiger partial charge in [0.15, 0.2) is 6.61 Å². The third kappa shape index (κ3) is 5.28. The Morgan fingerprint density at radius 2 is 1.87 bits per heavy atom. The highest BCUT2D eigenvalue weighted by molar-refractivity contribution is 6.07. The van der Waals surface area contributed by atoms with Crippen LogP contribution in [0.25, 0.3) is 10.9 Å². The molecule has 3 aromatic rings. The van der Waals surface area contributed by atoms with E-state index >= 15 is 0 Å². The molecule has 1 atom stereocenters. The van der Waals surface area contributed by atoms with Crippen molar-refractivity contribution in [3.63, 3.8) is 0 Å². The van der Waals surface area contributed by atoms with Crippen molar-refractivity contribution in [1.82, 2.24) is 14.9 Å². The summed E-state index contributed by atoms with van der Waals surface area (Å²) in [5, 5.41) is 3.03.